The molecular weight excluding hydrogens is 272 g/mol. The second-order valence-electron chi connectivity index (χ2n) is 6.35. The summed E-state index contributed by atoms with van der Waals surface area (Å²) in [5.41, 5.74) is -0.820. The van der Waals surface area contributed by atoms with Crippen molar-refractivity contribution in [1.82, 2.24) is 9.80 Å². The Morgan fingerprint density at radius 1 is 1.33 bits per heavy atom. The van der Waals surface area contributed by atoms with Gasteiger partial charge in [0.15, 0.2) is 0 Å². The van der Waals surface area contributed by atoms with Crippen LogP contribution in [-0.2, 0) is 9.53 Å². The number of aliphatic carboxylic acids is 1. The maximum atomic E-state index is 12.6. The van der Waals surface area contributed by atoms with Gasteiger partial charge in [-0.05, 0) is 26.2 Å². The highest BCUT2D eigenvalue weighted by Crippen LogP contribution is 2.38. The molecule has 1 aliphatic rings. The van der Waals surface area contributed by atoms with Crippen molar-refractivity contribution in [2.75, 3.05) is 33.4 Å². The first-order valence-corrected chi connectivity index (χ1v) is 7.54. The molecule has 1 heterocycles. The number of carbonyl (C=O) groups is 2. The highest BCUT2D eigenvalue weighted by atomic mass is 16.5. The minimum absolute atomic E-state index is 0.000671. The lowest BCUT2D eigenvalue weighted by molar-refractivity contribution is -0.150. The average Bonchev–Trinajstić information content (AvgIpc) is 2.84. The third-order valence-electron chi connectivity index (χ3n) is 4.51. The standard InChI is InChI=1S/C15H28N2O4/c1-11(2)15(13(18)19)6-7-16(10-15)14(20)17(12(3)4)8-9-21-5/h11-12H,6-10H2,1-5H3,(H,18,19). The van der Waals surface area contributed by atoms with E-state index in [-0.39, 0.29) is 24.5 Å². The first kappa shape index (κ1) is 17.8. The average molecular weight is 300 g/mol. The summed E-state index contributed by atoms with van der Waals surface area (Å²) < 4.78 is 5.05. The largest absolute Gasteiger partial charge is 0.481 e. The molecule has 1 N–H and O–H groups in total. The third-order valence-corrected chi connectivity index (χ3v) is 4.51. The Bertz CT molecular complexity index is 384. The zero-order valence-electron chi connectivity index (χ0n) is 13.8. The van der Waals surface area contributed by atoms with Gasteiger partial charge in [0.05, 0.1) is 12.0 Å². The van der Waals surface area contributed by atoms with Crippen LogP contribution in [0, 0.1) is 11.3 Å². The molecule has 6 heteroatoms. The molecule has 0 aliphatic carbocycles. The van der Waals surface area contributed by atoms with E-state index in [2.05, 4.69) is 0 Å². The molecule has 21 heavy (non-hydrogen) atoms. The second-order valence-corrected chi connectivity index (χ2v) is 6.35. The van der Waals surface area contributed by atoms with Gasteiger partial charge < -0.3 is 19.6 Å². The molecule has 0 aromatic rings. The minimum atomic E-state index is -0.820. The zero-order chi connectivity index (χ0) is 16.2. The lowest BCUT2D eigenvalue weighted by Crippen LogP contribution is -2.48. The first-order chi connectivity index (χ1) is 9.76. The number of hydrogen-bond acceptors (Lipinski definition) is 3. The number of methoxy groups -OCH3 is 1. The maximum Gasteiger partial charge on any atom is 0.320 e. The van der Waals surface area contributed by atoms with E-state index in [9.17, 15) is 14.7 Å². The molecule has 0 spiro atoms. The van der Waals surface area contributed by atoms with Gasteiger partial charge in [0.1, 0.15) is 0 Å². The second kappa shape index (κ2) is 7.11. The van der Waals surface area contributed by atoms with Crippen molar-refractivity contribution in [1.29, 1.82) is 0 Å². The van der Waals surface area contributed by atoms with Crippen molar-refractivity contribution in [2.45, 2.75) is 40.2 Å². The van der Waals surface area contributed by atoms with Crippen LogP contribution in [0.2, 0.25) is 0 Å². The summed E-state index contributed by atoms with van der Waals surface area (Å²) in [6.45, 7) is 9.51. The van der Waals surface area contributed by atoms with Crippen LogP contribution in [0.1, 0.15) is 34.1 Å². The van der Waals surface area contributed by atoms with Crippen molar-refractivity contribution in [3.63, 3.8) is 0 Å². The van der Waals surface area contributed by atoms with Gasteiger partial charge in [0, 0.05) is 32.8 Å². The molecular formula is C15H28N2O4. The summed E-state index contributed by atoms with van der Waals surface area (Å²) in [6.07, 6.45) is 0.516. The predicted molar refractivity (Wildman–Crippen MR) is 80.2 cm³/mol. The van der Waals surface area contributed by atoms with Gasteiger partial charge >= 0.3 is 12.0 Å². The summed E-state index contributed by atoms with van der Waals surface area (Å²) >= 11 is 0. The molecule has 1 atom stereocenters. The Hall–Kier alpha value is -1.30. The van der Waals surface area contributed by atoms with E-state index in [1.807, 2.05) is 27.7 Å². The Labute approximate surface area is 127 Å². The van der Waals surface area contributed by atoms with Gasteiger partial charge in [0.2, 0.25) is 0 Å². The molecule has 1 rings (SSSR count). The molecule has 0 radical (unpaired) electrons. The monoisotopic (exact) mass is 300 g/mol. The lowest BCUT2D eigenvalue weighted by Gasteiger charge is -2.33. The molecule has 122 valence electrons. The number of carbonyl (C=O) groups excluding carboxylic acids is 1. The van der Waals surface area contributed by atoms with Crippen molar-refractivity contribution >= 4 is 12.0 Å². The van der Waals surface area contributed by atoms with Crippen molar-refractivity contribution in [2.24, 2.45) is 11.3 Å². The van der Waals surface area contributed by atoms with Crippen molar-refractivity contribution in [3.05, 3.63) is 0 Å². The van der Waals surface area contributed by atoms with Crippen molar-refractivity contribution < 1.29 is 19.4 Å². The van der Waals surface area contributed by atoms with Crippen LogP contribution in [-0.4, -0.2) is 66.3 Å². The van der Waals surface area contributed by atoms with Crippen LogP contribution < -0.4 is 0 Å². The number of hydrogen-bond donors (Lipinski definition) is 1. The third kappa shape index (κ3) is 3.67. The summed E-state index contributed by atoms with van der Waals surface area (Å²) in [4.78, 5) is 27.7. The number of carboxylic acids is 1. The fourth-order valence-corrected chi connectivity index (χ4v) is 2.84. The topological polar surface area (TPSA) is 70.1 Å². The summed E-state index contributed by atoms with van der Waals surface area (Å²) in [5, 5.41) is 9.55. The summed E-state index contributed by atoms with van der Waals surface area (Å²) in [5.74, 6) is -0.805. The van der Waals surface area contributed by atoms with E-state index in [0.29, 0.717) is 26.1 Å². The minimum Gasteiger partial charge on any atom is -0.481 e. The van der Waals surface area contributed by atoms with Gasteiger partial charge in [-0.1, -0.05) is 13.8 Å². The lowest BCUT2D eigenvalue weighted by atomic mass is 9.76. The van der Waals surface area contributed by atoms with Gasteiger partial charge in [-0.3, -0.25) is 4.79 Å². The van der Waals surface area contributed by atoms with Gasteiger partial charge in [-0.2, -0.15) is 0 Å². The van der Waals surface area contributed by atoms with Crippen LogP contribution in [0.15, 0.2) is 0 Å². The number of ether oxygens (including phenoxy) is 1. The van der Waals surface area contributed by atoms with E-state index in [1.165, 1.54) is 0 Å². The molecule has 1 fully saturated rings. The number of carboxylic acid groups (broad SMARTS) is 1. The van der Waals surface area contributed by atoms with Crippen LogP contribution >= 0.6 is 0 Å². The van der Waals surface area contributed by atoms with Crippen LogP contribution in [0.5, 0.6) is 0 Å². The van der Waals surface area contributed by atoms with Gasteiger partial charge in [-0.25, -0.2) is 4.79 Å². The molecule has 1 aliphatic heterocycles. The van der Waals surface area contributed by atoms with Crippen molar-refractivity contribution in [3.8, 4) is 0 Å². The van der Waals surface area contributed by atoms with E-state index >= 15 is 0 Å². The first-order valence-electron chi connectivity index (χ1n) is 7.54. The zero-order valence-corrected chi connectivity index (χ0v) is 13.8. The van der Waals surface area contributed by atoms with E-state index < -0.39 is 11.4 Å². The predicted octanol–water partition coefficient (Wildman–Crippen LogP) is 1.90. The molecule has 1 saturated heterocycles. The highest BCUT2D eigenvalue weighted by Gasteiger charge is 2.49. The number of urea groups is 1. The van der Waals surface area contributed by atoms with Crippen LogP contribution in [0.4, 0.5) is 4.79 Å². The summed E-state index contributed by atoms with van der Waals surface area (Å²) in [6, 6.07) is -0.0302. The number of likely N-dealkylation sites (tertiary alicyclic amines) is 1. The van der Waals surface area contributed by atoms with Gasteiger partial charge in [-0.15, -0.1) is 0 Å². The molecule has 1 unspecified atom stereocenters. The Morgan fingerprint density at radius 2 is 1.95 bits per heavy atom. The van der Waals surface area contributed by atoms with E-state index in [1.54, 1.807) is 16.9 Å². The Balaban J connectivity index is 2.82. The molecule has 0 aromatic heterocycles. The Kier molecular flexibility index (Phi) is 6.01. The molecule has 0 bridgehead atoms. The van der Waals surface area contributed by atoms with Gasteiger partial charge in [0.25, 0.3) is 0 Å². The fourth-order valence-electron chi connectivity index (χ4n) is 2.84. The van der Waals surface area contributed by atoms with Crippen LogP contribution in [0.25, 0.3) is 0 Å². The molecule has 0 aromatic carbocycles. The van der Waals surface area contributed by atoms with E-state index in [0.717, 1.165) is 0 Å². The Morgan fingerprint density at radius 3 is 2.33 bits per heavy atom. The fraction of sp³-hybridized carbons (Fsp3) is 0.867. The quantitative estimate of drug-likeness (QED) is 0.813. The smallest absolute Gasteiger partial charge is 0.320 e. The molecule has 0 saturated carbocycles. The number of nitrogens with zero attached hydrogens (tertiary/aromatic N) is 2. The maximum absolute atomic E-state index is 12.6. The number of rotatable bonds is 6. The van der Waals surface area contributed by atoms with E-state index in [4.69, 9.17) is 4.74 Å². The SMILES string of the molecule is COCCN(C(=O)N1CCC(C(=O)O)(C(C)C)C1)C(C)C. The highest BCUT2D eigenvalue weighted by molar-refractivity contribution is 5.80. The van der Waals surface area contributed by atoms with Crippen LogP contribution in [0.3, 0.4) is 0 Å². The number of amides is 2. The molecule has 6 nitrogen and oxygen atoms in total. The summed E-state index contributed by atoms with van der Waals surface area (Å²) in [7, 11) is 1.60. The molecule has 2 amide bonds. The normalized spacial score (nSPS) is 22.1.